The highest BCUT2D eigenvalue weighted by atomic mass is 16.7. The lowest BCUT2D eigenvalue weighted by Gasteiger charge is -2.39. The zero-order valence-electron chi connectivity index (χ0n) is 34.6. The van der Waals surface area contributed by atoms with Crippen LogP contribution in [0.2, 0.25) is 0 Å². The molecule has 0 amide bonds. The third-order valence-corrected chi connectivity index (χ3v) is 9.34. The Morgan fingerprint density at radius 3 is 1.66 bits per heavy atom. The minimum Gasteiger partial charge on any atom is -0.462 e. The topological polar surface area (TPSA) is 152 Å². The van der Waals surface area contributed by atoms with Crippen molar-refractivity contribution in [2.24, 2.45) is 0 Å². The van der Waals surface area contributed by atoms with Gasteiger partial charge in [0.1, 0.15) is 31.0 Å². The van der Waals surface area contributed by atoms with Crippen molar-refractivity contribution in [3.05, 3.63) is 72.9 Å². The second kappa shape index (κ2) is 36.5. The van der Waals surface area contributed by atoms with Crippen molar-refractivity contribution in [1.82, 2.24) is 0 Å². The van der Waals surface area contributed by atoms with Gasteiger partial charge in [0, 0.05) is 12.8 Å². The molecule has 0 aromatic rings. The number of carbonyl (C=O) groups is 2. The number of carbonyl (C=O) groups excluding carboxylic acids is 2. The molecular weight excluding hydrogens is 712 g/mol. The highest BCUT2D eigenvalue weighted by molar-refractivity contribution is 5.70. The van der Waals surface area contributed by atoms with Gasteiger partial charge in [0.2, 0.25) is 0 Å². The van der Waals surface area contributed by atoms with Crippen LogP contribution in [0.15, 0.2) is 72.9 Å². The number of rotatable bonds is 34. The number of hydrogen-bond donors (Lipinski definition) is 4. The Morgan fingerprint density at radius 1 is 0.571 bits per heavy atom. The van der Waals surface area contributed by atoms with E-state index in [1.54, 1.807) is 0 Å². The molecule has 0 spiro atoms. The van der Waals surface area contributed by atoms with E-state index in [4.69, 9.17) is 18.9 Å². The van der Waals surface area contributed by atoms with Crippen molar-refractivity contribution in [2.45, 2.75) is 185 Å². The quantitative estimate of drug-likeness (QED) is 0.0283. The van der Waals surface area contributed by atoms with Crippen LogP contribution in [-0.4, -0.2) is 89.0 Å². The normalized spacial score (nSPS) is 21.1. The van der Waals surface area contributed by atoms with E-state index in [1.165, 1.54) is 51.4 Å². The van der Waals surface area contributed by atoms with Gasteiger partial charge >= 0.3 is 11.9 Å². The van der Waals surface area contributed by atoms with E-state index in [0.717, 1.165) is 57.8 Å². The molecule has 1 aliphatic rings. The number of unbranched alkanes of at least 4 members (excludes halogenated alkanes) is 11. The molecule has 56 heavy (non-hydrogen) atoms. The summed E-state index contributed by atoms with van der Waals surface area (Å²) in [4.78, 5) is 25.2. The van der Waals surface area contributed by atoms with E-state index < -0.39 is 55.4 Å². The standard InChI is InChI=1S/C46H76O10/c1-3-5-7-9-11-13-15-17-18-19-20-21-23-24-26-28-30-32-34-41(48)53-37-39(38-54-46-45(52)44(51)43(50)40(36-47)56-46)55-42(49)35-33-31-29-27-25-22-16-14-12-10-8-6-4-2/h6,8,12-15,18-19,22,25,29,31,39-40,43-47,50-52H,3-5,7,9-11,16-17,20-21,23-24,26-28,30,32-38H2,1-2H3/b8-6-,14-12-,15-13-,19-18-,25-22-,31-29-. The molecule has 1 heterocycles. The van der Waals surface area contributed by atoms with Crippen molar-refractivity contribution in [2.75, 3.05) is 19.8 Å². The lowest BCUT2D eigenvalue weighted by atomic mass is 9.99. The van der Waals surface area contributed by atoms with Crippen LogP contribution in [0, 0.1) is 0 Å². The first-order valence-corrected chi connectivity index (χ1v) is 21.5. The minimum atomic E-state index is -1.61. The SMILES string of the molecule is CC/C=C\C/C=C\C/C=C\C/C=C\CCC(=O)OC(COC(=O)CCCCCCCCC/C=C\C/C=C\CCCCCC)COC1OC(CO)C(O)C(O)C1O. The summed E-state index contributed by atoms with van der Waals surface area (Å²) in [6, 6.07) is 0. The van der Waals surface area contributed by atoms with Gasteiger partial charge in [-0.1, -0.05) is 138 Å². The summed E-state index contributed by atoms with van der Waals surface area (Å²) in [5, 5.41) is 40.0. The van der Waals surface area contributed by atoms with Gasteiger partial charge in [0.15, 0.2) is 12.4 Å². The highest BCUT2D eigenvalue weighted by Gasteiger charge is 2.44. The molecule has 1 aliphatic heterocycles. The average molecular weight is 789 g/mol. The number of allylic oxidation sites excluding steroid dienone is 12. The predicted octanol–water partition coefficient (Wildman–Crippen LogP) is 8.83. The summed E-state index contributed by atoms with van der Waals surface area (Å²) in [5.41, 5.74) is 0. The second-order valence-electron chi connectivity index (χ2n) is 14.4. The number of ether oxygens (including phenoxy) is 4. The summed E-state index contributed by atoms with van der Waals surface area (Å²) in [6.07, 6.45) is 37.8. The van der Waals surface area contributed by atoms with E-state index in [9.17, 15) is 30.0 Å². The largest absolute Gasteiger partial charge is 0.462 e. The zero-order chi connectivity index (χ0) is 40.9. The smallest absolute Gasteiger partial charge is 0.306 e. The van der Waals surface area contributed by atoms with Crippen LogP contribution in [0.4, 0.5) is 0 Å². The Kier molecular flexibility index (Phi) is 33.3. The summed E-state index contributed by atoms with van der Waals surface area (Å²) < 4.78 is 22.0. The van der Waals surface area contributed by atoms with Crippen molar-refractivity contribution in [3.63, 3.8) is 0 Å². The van der Waals surface area contributed by atoms with Gasteiger partial charge in [-0.25, -0.2) is 0 Å². The highest BCUT2D eigenvalue weighted by Crippen LogP contribution is 2.22. The maximum atomic E-state index is 12.7. The van der Waals surface area contributed by atoms with E-state index in [-0.39, 0.29) is 26.1 Å². The van der Waals surface area contributed by atoms with Crippen molar-refractivity contribution >= 4 is 11.9 Å². The summed E-state index contributed by atoms with van der Waals surface area (Å²) in [7, 11) is 0. The van der Waals surface area contributed by atoms with E-state index in [0.29, 0.717) is 12.8 Å². The molecule has 1 saturated heterocycles. The Balaban J connectivity index is 2.38. The predicted molar refractivity (Wildman–Crippen MR) is 224 cm³/mol. The van der Waals surface area contributed by atoms with Crippen molar-refractivity contribution in [1.29, 1.82) is 0 Å². The molecule has 4 N–H and O–H groups in total. The van der Waals surface area contributed by atoms with Gasteiger partial charge < -0.3 is 39.4 Å². The maximum Gasteiger partial charge on any atom is 0.306 e. The first-order valence-electron chi connectivity index (χ1n) is 21.5. The van der Waals surface area contributed by atoms with Gasteiger partial charge in [-0.15, -0.1) is 0 Å². The van der Waals surface area contributed by atoms with Gasteiger partial charge in [0.05, 0.1) is 13.2 Å². The maximum absolute atomic E-state index is 12.7. The van der Waals surface area contributed by atoms with E-state index >= 15 is 0 Å². The minimum absolute atomic E-state index is 0.104. The van der Waals surface area contributed by atoms with E-state index in [2.05, 4.69) is 74.6 Å². The fourth-order valence-electron chi connectivity index (χ4n) is 5.94. The molecule has 1 rings (SSSR count). The first kappa shape index (κ1) is 51.2. The van der Waals surface area contributed by atoms with Crippen molar-refractivity contribution < 1.29 is 49.0 Å². The fraction of sp³-hybridized carbons (Fsp3) is 0.696. The Bertz CT molecular complexity index is 1140. The second-order valence-corrected chi connectivity index (χ2v) is 14.4. The molecule has 0 aromatic carbocycles. The van der Waals surface area contributed by atoms with Gasteiger partial charge in [-0.05, 0) is 70.6 Å². The van der Waals surface area contributed by atoms with Crippen LogP contribution in [0.25, 0.3) is 0 Å². The average Bonchev–Trinajstić information content (AvgIpc) is 3.19. The third-order valence-electron chi connectivity index (χ3n) is 9.34. The molecule has 10 heteroatoms. The monoisotopic (exact) mass is 789 g/mol. The molecular formula is C46H76O10. The summed E-state index contributed by atoms with van der Waals surface area (Å²) >= 11 is 0. The summed E-state index contributed by atoms with van der Waals surface area (Å²) in [5.74, 6) is -0.917. The summed E-state index contributed by atoms with van der Waals surface area (Å²) in [6.45, 7) is 3.19. The van der Waals surface area contributed by atoms with Crippen LogP contribution in [0.3, 0.4) is 0 Å². The van der Waals surface area contributed by atoms with Gasteiger partial charge in [-0.3, -0.25) is 9.59 Å². The number of aliphatic hydroxyl groups excluding tert-OH is 4. The third kappa shape index (κ3) is 27.7. The van der Waals surface area contributed by atoms with Gasteiger partial charge in [0.25, 0.3) is 0 Å². The molecule has 6 unspecified atom stereocenters. The van der Waals surface area contributed by atoms with E-state index in [1.807, 2.05) is 12.2 Å². The number of hydrogen-bond acceptors (Lipinski definition) is 10. The van der Waals surface area contributed by atoms with Crippen LogP contribution in [0.5, 0.6) is 0 Å². The molecule has 10 nitrogen and oxygen atoms in total. The molecule has 0 aromatic heterocycles. The van der Waals surface area contributed by atoms with Crippen LogP contribution >= 0.6 is 0 Å². The van der Waals surface area contributed by atoms with Crippen molar-refractivity contribution in [3.8, 4) is 0 Å². The molecule has 0 bridgehead atoms. The number of aliphatic hydroxyl groups is 4. The molecule has 1 fully saturated rings. The molecule has 0 saturated carbocycles. The molecule has 6 atom stereocenters. The van der Waals surface area contributed by atoms with Crippen LogP contribution < -0.4 is 0 Å². The lowest BCUT2D eigenvalue weighted by Crippen LogP contribution is -2.59. The molecule has 0 radical (unpaired) electrons. The van der Waals surface area contributed by atoms with Crippen LogP contribution in [-0.2, 0) is 28.5 Å². The Morgan fingerprint density at radius 2 is 1.09 bits per heavy atom. The lowest BCUT2D eigenvalue weighted by molar-refractivity contribution is -0.305. The Hall–Kier alpha value is -2.86. The van der Waals surface area contributed by atoms with Gasteiger partial charge in [-0.2, -0.15) is 0 Å². The van der Waals surface area contributed by atoms with Crippen LogP contribution in [0.1, 0.15) is 149 Å². The first-order chi connectivity index (χ1) is 27.3. The zero-order valence-corrected chi connectivity index (χ0v) is 34.6. The number of esters is 2. The fourth-order valence-corrected chi connectivity index (χ4v) is 5.94. The Labute approximate surface area is 338 Å². The molecule has 320 valence electrons. The molecule has 0 aliphatic carbocycles.